The molecule has 14 heteroatoms. The Labute approximate surface area is 272 Å². The normalized spacial score (nSPS) is 18.4. The molecule has 1 aromatic heterocycles. The average molecular weight is 676 g/mol. The molecule has 0 atom stereocenters. The molecule has 1 fully saturated rings. The predicted molar refractivity (Wildman–Crippen MR) is 173 cm³/mol. The standard InChI is InChI=1S/C33H41F3N5O5P/c1-5-44-24-14-10-22(11-15-24)25-16-17-28(29-26(25)19-41(4)31(29)42)39-30-27(33(34,35)36)18-37-32(40-30)38-23-12-8-21(9-13-23)20-47(43,45-6-2)46-7-3/h8-9,12-13,16-18,22,24H,5-7,10-11,14-15,19-20H2,1-4H3,(H2,37,38,39,40). The molecule has 2 heterocycles. The van der Waals surface area contributed by atoms with Gasteiger partial charge >= 0.3 is 13.8 Å². The van der Waals surface area contributed by atoms with Crippen LogP contribution in [0.4, 0.5) is 36.3 Å². The lowest BCUT2D eigenvalue weighted by Gasteiger charge is -2.30. The summed E-state index contributed by atoms with van der Waals surface area (Å²) in [6.45, 7) is 7.00. The molecule has 0 bridgehead atoms. The molecule has 47 heavy (non-hydrogen) atoms. The van der Waals surface area contributed by atoms with Crippen molar-refractivity contribution in [3.05, 3.63) is 70.4 Å². The number of hydrogen-bond donors (Lipinski definition) is 2. The number of alkyl halides is 3. The van der Waals surface area contributed by atoms with E-state index in [1.165, 1.54) is 0 Å². The van der Waals surface area contributed by atoms with E-state index in [-0.39, 0.29) is 48.9 Å². The number of hydrogen-bond acceptors (Lipinski definition) is 9. The maximum Gasteiger partial charge on any atom is 0.421 e. The molecule has 10 nitrogen and oxygen atoms in total. The first-order valence-corrected chi connectivity index (χ1v) is 17.7. The van der Waals surface area contributed by atoms with Gasteiger partial charge in [0, 0.05) is 32.1 Å². The van der Waals surface area contributed by atoms with E-state index < -0.39 is 25.2 Å². The number of rotatable bonds is 13. The van der Waals surface area contributed by atoms with Crippen LogP contribution in [0.3, 0.4) is 0 Å². The molecule has 0 radical (unpaired) electrons. The summed E-state index contributed by atoms with van der Waals surface area (Å²) >= 11 is 0. The molecule has 1 saturated carbocycles. The zero-order valence-electron chi connectivity index (χ0n) is 27.0. The van der Waals surface area contributed by atoms with Crippen LogP contribution in [0, 0.1) is 0 Å². The molecule has 2 aliphatic rings. The highest BCUT2D eigenvalue weighted by Gasteiger charge is 2.37. The summed E-state index contributed by atoms with van der Waals surface area (Å²) in [4.78, 5) is 23.0. The predicted octanol–water partition coefficient (Wildman–Crippen LogP) is 8.40. The third-order valence-electron chi connectivity index (χ3n) is 8.41. The van der Waals surface area contributed by atoms with Gasteiger partial charge in [0.1, 0.15) is 11.4 Å². The number of nitrogens with zero attached hydrogens (tertiary/aromatic N) is 3. The van der Waals surface area contributed by atoms with Crippen LogP contribution >= 0.6 is 7.60 Å². The Hall–Kier alpha value is -3.51. The molecule has 0 spiro atoms. The Morgan fingerprint density at radius 2 is 1.64 bits per heavy atom. The molecule has 1 amide bonds. The summed E-state index contributed by atoms with van der Waals surface area (Å²) in [6.07, 6.45) is -0.0499. The number of amides is 1. The molecule has 2 aromatic carbocycles. The number of anilines is 4. The number of fused-ring (bicyclic) bond motifs is 1. The molecule has 2 N–H and O–H groups in total. The Morgan fingerprint density at radius 3 is 2.26 bits per heavy atom. The monoisotopic (exact) mass is 675 g/mol. The van der Waals surface area contributed by atoms with E-state index in [1.54, 1.807) is 56.1 Å². The van der Waals surface area contributed by atoms with Gasteiger partial charge in [-0.1, -0.05) is 18.2 Å². The van der Waals surface area contributed by atoms with Crippen LogP contribution in [0.1, 0.15) is 85.0 Å². The fourth-order valence-corrected chi connectivity index (χ4v) is 7.98. The maximum atomic E-state index is 14.1. The Bertz CT molecular complexity index is 1600. The lowest BCUT2D eigenvalue weighted by atomic mass is 9.80. The molecular formula is C33H41F3N5O5P. The molecular weight excluding hydrogens is 634 g/mol. The zero-order chi connectivity index (χ0) is 33.8. The quantitative estimate of drug-likeness (QED) is 0.172. The second kappa shape index (κ2) is 14.7. The highest BCUT2D eigenvalue weighted by Crippen LogP contribution is 2.51. The van der Waals surface area contributed by atoms with E-state index in [0.29, 0.717) is 36.2 Å². The number of carbonyl (C=O) groups excluding carboxylic acids is 1. The molecule has 254 valence electrons. The fraction of sp³-hybridized carbons (Fsp3) is 0.485. The topological polar surface area (TPSA) is 115 Å². The van der Waals surface area contributed by atoms with Crippen molar-refractivity contribution in [3.63, 3.8) is 0 Å². The van der Waals surface area contributed by atoms with Gasteiger partial charge in [0.15, 0.2) is 0 Å². The largest absolute Gasteiger partial charge is 0.421 e. The van der Waals surface area contributed by atoms with E-state index in [4.69, 9.17) is 13.8 Å². The van der Waals surface area contributed by atoms with Crippen molar-refractivity contribution >= 4 is 36.6 Å². The number of aromatic nitrogens is 2. The molecule has 5 rings (SSSR count). The van der Waals surface area contributed by atoms with Crippen molar-refractivity contribution in [3.8, 4) is 0 Å². The molecule has 3 aromatic rings. The van der Waals surface area contributed by atoms with Crippen molar-refractivity contribution in [2.45, 2.75) is 77.4 Å². The minimum absolute atomic E-state index is 0.0748. The fourth-order valence-electron chi connectivity index (χ4n) is 6.28. The average Bonchev–Trinajstić information content (AvgIpc) is 3.32. The Kier molecular flexibility index (Phi) is 10.9. The first-order chi connectivity index (χ1) is 22.4. The van der Waals surface area contributed by atoms with Crippen LogP contribution in [0.25, 0.3) is 0 Å². The summed E-state index contributed by atoms with van der Waals surface area (Å²) in [5.41, 5.74) is 2.66. The molecule has 0 unspecified atom stereocenters. The van der Waals surface area contributed by atoms with Gasteiger partial charge in [0.25, 0.3) is 5.91 Å². The summed E-state index contributed by atoms with van der Waals surface area (Å²) in [6, 6.07) is 10.4. The number of ether oxygens (including phenoxy) is 1. The van der Waals surface area contributed by atoms with Gasteiger partial charge < -0.3 is 29.3 Å². The summed E-state index contributed by atoms with van der Waals surface area (Å²) in [5, 5.41) is 5.77. The van der Waals surface area contributed by atoms with Crippen molar-refractivity contribution in [1.29, 1.82) is 0 Å². The number of halogens is 3. The number of benzene rings is 2. The van der Waals surface area contributed by atoms with E-state index >= 15 is 0 Å². The Balaban J connectivity index is 1.40. The minimum atomic E-state index is -4.75. The summed E-state index contributed by atoms with van der Waals surface area (Å²) < 4.78 is 71.8. The lowest BCUT2D eigenvalue weighted by molar-refractivity contribution is -0.137. The van der Waals surface area contributed by atoms with Crippen molar-refractivity contribution in [1.82, 2.24) is 14.9 Å². The van der Waals surface area contributed by atoms with Crippen molar-refractivity contribution in [2.24, 2.45) is 0 Å². The smallest absolute Gasteiger partial charge is 0.379 e. The molecule has 0 saturated heterocycles. The van der Waals surface area contributed by atoms with Crippen LogP contribution in [0.15, 0.2) is 42.6 Å². The van der Waals surface area contributed by atoms with E-state index in [9.17, 15) is 22.5 Å². The second-order valence-corrected chi connectivity index (χ2v) is 13.7. The van der Waals surface area contributed by atoms with Gasteiger partial charge in [-0.3, -0.25) is 9.36 Å². The van der Waals surface area contributed by atoms with E-state index in [1.807, 2.05) is 13.0 Å². The van der Waals surface area contributed by atoms with Crippen LogP contribution in [-0.2, 0) is 37.2 Å². The summed E-state index contributed by atoms with van der Waals surface area (Å²) in [7, 11) is -1.62. The number of nitrogens with one attached hydrogen (secondary N) is 2. The van der Waals surface area contributed by atoms with Crippen LogP contribution in [-0.4, -0.2) is 53.7 Å². The first kappa shape index (κ1) is 34.8. The van der Waals surface area contributed by atoms with Gasteiger partial charge in [-0.05, 0) is 87.3 Å². The van der Waals surface area contributed by atoms with Crippen molar-refractivity contribution in [2.75, 3.05) is 37.5 Å². The van der Waals surface area contributed by atoms with Crippen LogP contribution in [0.2, 0.25) is 0 Å². The Morgan fingerprint density at radius 1 is 0.957 bits per heavy atom. The van der Waals surface area contributed by atoms with Crippen LogP contribution < -0.4 is 10.6 Å². The third-order valence-corrected chi connectivity index (χ3v) is 10.5. The SMILES string of the molecule is CCOC1CCC(c2ccc(Nc3nc(Nc4ccc(CP(=O)(OCC)OCC)cc4)ncc3C(F)(F)F)c3c2CN(C)C3=O)CC1. The van der Waals surface area contributed by atoms with E-state index in [2.05, 4.69) is 20.6 Å². The van der Waals surface area contributed by atoms with Crippen molar-refractivity contribution < 1.29 is 36.3 Å². The molecule has 1 aliphatic carbocycles. The lowest BCUT2D eigenvalue weighted by Crippen LogP contribution is -2.21. The van der Waals surface area contributed by atoms with E-state index in [0.717, 1.165) is 36.8 Å². The minimum Gasteiger partial charge on any atom is -0.379 e. The highest BCUT2D eigenvalue weighted by atomic mass is 31.2. The third kappa shape index (κ3) is 8.14. The highest BCUT2D eigenvalue weighted by molar-refractivity contribution is 7.53. The van der Waals surface area contributed by atoms with Crippen LogP contribution in [0.5, 0.6) is 0 Å². The van der Waals surface area contributed by atoms with Gasteiger partial charge in [0.05, 0.1) is 36.7 Å². The summed E-state index contributed by atoms with van der Waals surface area (Å²) in [5.74, 6) is -0.571. The number of carbonyl (C=O) groups is 1. The maximum absolute atomic E-state index is 14.1. The van der Waals surface area contributed by atoms with Gasteiger partial charge in [0.2, 0.25) is 5.95 Å². The molecule has 1 aliphatic heterocycles. The van der Waals surface area contributed by atoms with Gasteiger partial charge in [-0.2, -0.15) is 18.2 Å². The first-order valence-electron chi connectivity index (χ1n) is 15.9. The van der Waals surface area contributed by atoms with Gasteiger partial charge in [-0.25, -0.2) is 4.98 Å². The second-order valence-electron chi connectivity index (χ2n) is 11.7. The van der Waals surface area contributed by atoms with Gasteiger partial charge in [-0.15, -0.1) is 0 Å². The zero-order valence-corrected chi connectivity index (χ0v) is 27.9.